The number of aromatic amines is 1. The van der Waals surface area contributed by atoms with Crippen molar-refractivity contribution in [2.24, 2.45) is 11.1 Å². The molecule has 0 saturated heterocycles. The number of nitrogens with zero attached hydrogens (tertiary/aromatic N) is 1. The molecule has 3 rings (SSSR count). The van der Waals surface area contributed by atoms with E-state index in [0.717, 1.165) is 36.6 Å². The summed E-state index contributed by atoms with van der Waals surface area (Å²) in [5.74, 6) is 0.859. The predicted octanol–water partition coefficient (Wildman–Crippen LogP) is 3.44. The third kappa shape index (κ3) is 6.07. The van der Waals surface area contributed by atoms with Gasteiger partial charge < -0.3 is 9.72 Å². The molecule has 8 nitrogen and oxygen atoms in total. The van der Waals surface area contributed by atoms with E-state index in [2.05, 4.69) is 14.4 Å². The van der Waals surface area contributed by atoms with Gasteiger partial charge in [-0.1, -0.05) is 24.4 Å². The van der Waals surface area contributed by atoms with Crippen LogP contribution in [0.4, 0.5) is 0 Å². The number of nitrogens with one attached hydrogen (secondary N) is 1. The molecule has 1 fully saturated rings. The zero-order valence-electron chi connectivity index (χ0n) is 15.5. The highest BCUT2D eigenvalue weighted by atomic mass is 32.3. The Hall–Kier alpha value is -2.39. The van der Waals surface area contributed by atoms with Crippen LogP contribution in [0, 0.1) is 5.92 Å². The van der Waals surface area contributed by atoms with Crippen molar-refractivity contribution in [2.45, 2.75) is 44.9 Å². The van der Waals surface area contributed by atoms with E-state index in [0.29, 0.717) is 30.9 Å². The fourth-order valence-corrected chi connectivity index (χ4v) is 3.71. The molecule has 152 valence electrons. The summed E-state index contributed by atoms with van der Waals surface area (Å²) in [6.07, 6.45) is 6.36. The van der Waals surface area contributed by atoms with Gasteiger partial charge in [-0.2, -0.15) is 8.42 Å². The van der Waals surface area contributed by atoms with Crippen molar-refractivity contribution in [1.82, 2.24) is 4.98 Å². The number of pyridine rings is 1. The Morgan fingerprint density at radius 3 is 2.71 bits per heavy atom. The molecule has 28 heavy (non-hydrogen) atoms. The number of H-pyrrole nitrogens is 1. The first-order chi connectivity index (χ1) is 13.4. The highest BCUT2D eigenvalue weighted by Gasteiger charge is 2.20. The average Bonchev–Trinajstić information content (AvgIpc) is 2.67. The lowest BCUT2D eigenvalue weighted by Crippen LogP contribution is -2.19. The molecule has 1 aliphatic rings. The lowest BCUT2D eigenvalue weighted by Gasteiger charge is -2.22. The lowest BCUT2D eigenvalue weighted by atomic mass is 9.84. The van der Waals surface area contributed by atoms with Crippen LogP contribution in [0.5, 0.6) is 5.75 Å². The van der Waals surface area contributed by atoms with Crippen molar-refractivity contribution in [3.63, 3.8) is 0 Å². The summed E-state index contributed by atoms with van der Waals surface area (Å²) in [5, 5.41) is 4.58. The minimum absolute atomic E-state index is 0.150. The molecule has 0 radical (unpaired) electrons. The topological polar surface area (TPSA) is 118 Å². The Labute approximate surface area is 163 Å². The van der Waals surface area contributed by atoms with Gasteiger partial charge in [0.05, 0.1) is 12.3 Å². The molecule has 0 unspecified atom stereocenters. The molecule has 9 heteroatoms. The van der Waals surface area contributed by atoms with Crippen molar-refractivity contribution in [1.29, 1.82) is 0 Å². The van der Waals surface area contributed by atoms with Crippen LogP contribution in [0.3, 0.4) is 0 Å². The lowest BCUT2D eigenvalue weighted by molar-refractivity contribution is 0.275. The Morgan fingerprint density at radius 2 is 1.96 bits per heavy atom. The number of rotatable bonds is 8. The summed E-state index contributed by atoms with van der Waals surface area (Å²) in [7, 11) is -4.60. The van der Waals surface area contributed by atoms with Crippen LogP contribution in [0.1, 0.15) is 44.9 Å². The number of fused-ring (bicyclic) bond motifs is 1. The normalized spacial score (nSPS) is 16.2. The van der Waals surface area contributed by atoms with E-state index in [-0.39, 0.29) is 11.5 Å². The zero-order chi connectivity index (χ0) is 20.0. The van der Waals surface area contributed by atoms with Crippen LogP contribution in [-0.4, -0.2) is 30.3 Å². The summed E-state index contributed by atoms with van der Waals surface area (Å²) in [5.41, 5.74) is 1.24. The van der Waals surface area contributed by atoms with Gasteiger partial charge in [0.25, 0.3) is 0 Å². The second-order valence-electron chi connectivity index (χ2n) is 6.94. The van der Waals surface area contributed by atoms with Gasteiger partial charge in [0, 0.05) is 22.9 Å². The fourth-order valence-electron chi connectivity index (χ4n) is 3.52. The number of benzene rings is 1. The van der Waals surface area contributed by atoms with Gasteiger partial charge in [0.1, 0.15) is 5.75 Å². The quantitative estimate of drug-likeness (QED) is 0.299. The van der Waals surface area contributed by atoms with Crippen molar-refractivity contribution >= 4 is 27.0 Å². The van der Waals surface area contributed by atoms with Crippen LogP contribution >= 0.6 is 0 Å². The molecule has 1 aromatic carbocycles. The first kappa shape index (κ1) is 20.3. The highest BCUT2D eigenvalue weighted by molar-refractivity contribution is 7.80. The standard InChI is InChI=1S/C19H24N2O6S/c22-19-11-8-15-13-16(9-10-17(15)20-19)26-12-4-7-18(21-27-28(23,24)25)14-5-2-1-3-6-14/h8-11,13-14H,1-7,12H2,(H,20,22)(H,23,24,25). The van der Waals surface area contributed by atoms with Gasteiger partial charge in [-0.15, -0.1) is 0 Å². The van der Waals surface area contributed by atoms with Crippen LogP contribution in [0.25, 0.3) is 10.9 Å². The molecule has 0 amide bonds. The molecule has 2 N–H and O–H groups in total. The summed E-state index contributed by atoms with van der Waals surface area (Å²) in [6.45, 7) is 0.423. The number of hydrogen-bond acceptors (Lipinski definition) is 6. The first-order valence-electron chi connectivity index (χ1n) is 9.39. The minimum Gasteiger partial charge on any atom is -0.494 e. The average molecular weight is 408 g/mol. The van der Waals surface area contributed by atoms with Gasteiger partial charge >= 0.3 is 10.4 Å². The predicted molar refractivity (Wildman–Crippen MR) is 106 cm³/mol. The number of hydrogen-bond donors (Lipinski definition) is 2. The van der Waals surface area contributed by atoms with E-state index in [9.17, 15) is 13.2 Å². The maximum absolute atomic E-state index is 11.3. The van der Waals surface area contributed by atoms with Crippen LogP contribution in [0.2, 0.25) is 0 Å². The van der Waals surface area contributed by atoms with Gasteiger partial charge in [-0.05, 0) is 49.9 Å². The fraction of sp³-hybridized carbons (Fsp3) is 0.474. The molecule has 1 aromatic heterocycles. The molecule has 0 spiro atoms. The third-order valence-electron chi connectivity index (χ3n) is 4.87. The van der Waals surface area contributed by atoms with Crippen LogP contribution in [-0.2, 0) is 14.7 Å². The molecule has 0 bridgehead atoms. The molecule has 2 aromatic rings. The second kappa shape index (κ2) is 9.20. The minimum atomic E-state index is -4.60. The Morgan fingerprint density at radius 1 is 1.18 bits per heavy atom. The van der Waals surface area contributed by atoms with Gasteiger partial charge in [0.15, 0.2) is 0 Å². The van der Waals surface area contributed by atoms with Crippen LogP contribution in [0.15, 0.2) is 40.3 Å². The molecular formula is C19H24N2O6S. The monoisotopic (exact) mass is 408 g/mol. The van der Waals surface area contributed by atoms with Crippen molar-refractivity contribution < 1.29 is 22.0 Å². The molecule has 1 aliphatic carbocycles. The Balaban J connectivity index is 1.57. The summed E-state index contributed by atoms with van der Waals surface area (Å²) >= 11 is 0. The zero-order valence-corrected chi connectivity index (χ0v) is 16.3. The van der Waals surface area contributed by atoms with E-state index in [4.69, 9.17) is 9.29 Å². The van der Waals surface area contributed by atoms with Gasteiger partial charge in [-0.3, -0.25) is 9.35 Å². The smallest absolute Gasteiger partial charge is 0.466 e. The van der Waals surface area contributed by atoms with E-state index < -0.39 is 10.4 Å². The summed E-state index contributed by atoms with van der Waals surface area (Å²) in [4.78, 5) is 14.1. The van der Waals surface area contributed by atoms with E-state index in [1.807, 2.05) is 6.07 Å². The highest BCUT2D eigenvalue weighted by Crippen LogP contribution is 2.27. The maximum Gasteiger partial charge on any atom is 0.466 e. The Kier molecular flexibility index (Phi) is 6.69. The Bertz CT molecular complexity index is 993. The van der Waals surface area contributed by atoms with Crippen molar-refractivity contribution in [3.8, 4) is 5.75 Å². The first-order valence-corrected chi connectivity index (χ1v) is 10.8. The largest absolute Gasteiger partial charge is 0.494 e. The molecular weight excluding hydrogens is 384 g/mol. The number of aromatic nitrogens is 1. The van der Waals surface area contributed by atoms with E-state index >= 15 is 0 Å². The molecule has 0 atom stereocenters. The maximum atomic E-state index is 11.3. The van der Waals surface area contributed by atoms with Gasteiger partial charge in [0.2, 0.25) is 5.56 Å². The SMILES string of the molecule is O=c1ccc2cc(OCCCC(=NOS(=O)(=O)O)C3CCCCC3)ccc2[nH]1. The summed E-state index contributed by atoms with van der Waals surface area (Å²) < 4.78 is 40.5. The molecule has 1 saturated carbocycles. The van der Waals surface area contributed by atoms with E-state index in [1.54, 1.807) is 18.2 Å². The number of ether oxygens (including phenoxy) is 1. The van der Waals surface area contributed by atoms with Crippen molar-refractivity contribution in [2.75, 3.05) is 6.61 Å². The summed E-state index contributed by atoms with van der Waals surface area (Å²) in [6, 6.07) is 8.63. The van der Waals surface area contributed by atoms with Crippen LogP contribution < -0.4 is 10.3 Å². The molecule has 1 heterocycles. The third-order valence-corrected chi connectivity index (χ3v) is 5.13. The van der Waals surface area contributed by atoms with Crippen molar-refractivity contribution in [3.05, 3.63) is 40.7 Å². The second-order valence-corrected chi connectivity index (χ2v) is 7.95. The number of oxime groups is 1. The van der Waals surface area contributed by atoms with Gasteiger partial charge in [-0.25, -0.2) is 4.28 Å². The molecule has 0 aliphatic heterocycles. The van der Waals surface area contributed by atoms with E-state index in [1.165, 1.54) is 12.5 Å².